The summed E-state index contributed by atoms with van der Waals surface area (Å²) >= 11 is 0. The monoisotopic (exact) mass is 562 g/mol. The van der Waals surface area contributed by atoms with Crippen molar-refractivity contribution < 1.29 is 34.8 Å². The summed E-state index contributed by atoms with van der Waals surface area (Å²) in [6, 6.07) is 0.318. The zero-order chi connectivity index (χ0) is 30.2. The van der Waals surface area contributed by atoms with Gasteiger partial charge in [-0.1, -0.05) is 17.9 Å². The molecule has 0 aliphatic heterocycles. The van der Waals surface area contributed by atoms with Crippen LogP contribution in [0.3, 0.4) is 0 Å². The number of hydrogen-bond acceptors (Lipinski definition) is 10. The van der Waals surface area contributed by atoms with Gasteiger partial charge in [0.1, 0.15) is 17.1 Å². The van der Waals surface area contributed by atoms with E-state index >= 15 is 0 Å². The molecule has 8 N–H and O–H groups in total. The SMILES string of the molecule is CN(C)c1cc(C#CC2=CCCC2)c(O)c2c1C[C@H]1C[C@@]3(N)[C@H](N(C)C)C(=O)C(C(N)=O)=C(O)[C@@]3(O)C(=O)C1=C2O. The Hall–Kier alpha value is -4.11. The second-order valence-electron chi connectivity index (χ2n) is 11.7. The number of primary amides is 1. The maximum Gasteiger partial charge on any atom is 0.255 e. The average molecular weight is 563 g/mol. The molecule has 0 bridgehead atoms. The van der Waals surface area contributed by atoms with Crippen LogP contribution in [0.2, 0.25) is 0 Å². The van der Waals surface area contributed by atoms with Crippen molar-refractivity contribution in [3.05, 3.63) is 51.3 Å². The van der Waals surface area contributed by atoms with Gasteiger partial charge in [0.2, 0.25) is 11.4 Å². The molecule has 1 aromatic carbocycles. The van der Waals surface area contributed by atoms with E-state index in [1.165, 1.54) is 19.0 Å². The Morgan fingerprint density at radius 1 is 1.12 bits per heavy atom. The fraction of sp³-hybridized carbons (Fsp3) is 0.433. The van der Waals surface area contributed by atoms with Gasteiger partial charge in [-0.25, -0.2) is 0 Å². The average Bonchev–Trinajstić information content (AvgIpc) is 3.39. The van der Waals surface area contributed by atoms with Crippen molar-refractivity contribution in [1.29, 1.82) is 0 Å². The quantitative estimate of drug-likeness (QED) is 0.224. The van der Waals surface area contributed by atoms with Crippen molar-refractivity contribution in [2.24, 2.45) is 17.4 Å². The van der Waals surface area contributed by atoms with E-state index in [0.29, 0.717) is 11.3 Å². The minimum absolute atomic E-state index is 0.0109. The van der Waals surface area contributed by atoms with E-state index in [1.807, 2.05) is 6.08 Å². The van der Waals surface area contributed by atoms with E-state index in [-0.39, 0.29) is 35.3 Å². The molecule has 0 unspecified atom stereocenters. The van der Waals surface area contributed by atoms with Crippen LogP contribution in [-0.2, 0) is 20.8 Å². The van der Waals surface area contributed by atoms with Crippen LogP contribution in [0.15, 0.2) is 34.6 Å². The van der Waals surface area contributed by atoms with Crippen molar-refractivity contribution in [3.8, 4) is 17.6 Å². The fourth-order valence-corrected chi connectivity index (χ4v) is 6.93. The van der Waals surface area contributed by atoms with E-state index in [2.05, 4.69) is 11.8 Å². The lowest BCUT2D eigenvalue weighted by Crippen LogP contribution is -2.80. The molecular weight excluding hydrogens is 528 g/mol. The number of aromatic hydroxyl groups is 1. The van der Waals surface area contributed by atoms with Gasteiger partial charge in [0.15, 0.2) is 11.5 Å². The lowest BCUT2D eigenvalue weighted by Gasteiger charge is -2.56. The number of carbonyl (C=O) groups is 3. The summed E-state index contributed by atoms with van der Waals surface area (Å²) in [6.07, 6.45) is 4.72. The highest BCUT2D eigenvalue weighted by Crippen LogP contribution is 2.54. The van der Waals surface area contributed by atoms with E-state index in [9.17, 15) is 34.8 Å². The molecule has 41 heavy (non-hydrogen) atoms. The maximum atomic E-state index is 14.2. The number of aliphatic hydroxyl groups is 3. The number of Topliss-reactive ketones (excluding diaryl/α,β-unsaturated/α-hetero) is 2. The van der Waals surface area contributed by atoms with Crippen molar-refractivity contribution in [2.75, 3.05) is 33.1 Å². The van der Waals surface area contributed by atoms with Gasteiger partial charge in [0.05, 0.1) is 22.7 Å². The molecule has 11 heteroatoms. The summed E-state index contributed by atoms with van der Waals surface area (Å²) in [5.41, 5.74) is 8.25. The van der Waals surface area contributed by atoms with Gasteiger partial charge in [-0.15, -0.1) is 0 Å². The van der Waals surface area contributed by atoms with Gasteiger partial charge in [-0.3, -0.25) is 19.3 Å². The van der Waals surface area contributed by atoms with Crippen LogP contribution in [0.5, 0.6) is 5.75 Å². The van der Waals surface area contributed by atoms with E-state index in [1.54, 1.807) is 25.1 Å². The molecule has 1 aromatic rings. The first-order chi connectivity index (χ1) is 19.2. The molecule has 1 saturated carbocycles. The Bertz CT molecular complexity index is 1570. The normalized spacial score (nSPS) is 29.0. The number of likely N-dealkylation sites (N-methyl/N-ethyl adjacent to an activating group) is 1. The van der Waals surface area contributed by atoms with Crippen LogP contribution in [0.25, 0.3) is 5.76 Å². The van der Waals surface area contributed by atoms with Crippen molar-refractivity contribution in [2.45, 2.75) is 49.3 Å². The maximum absolute atomic E-state index is 14.2. The number of aliphatic hydroxyl groups excluding tert-OH is 2. The number of ketones is 2. The third-order valence-corrected chi connectivity index (χ3v) is 8.77. The number of phenolic OH excluding ortho intramolecular Hbond substituents is 1. The highest BCUT2D eigenvalue weighted by molar-refractivity contribution is 6.25. The van der Waals surface area contributed by atoms with Crippen LogP contribution in [0.4, 0.5) is 5.69 Å². The first-order valence-corrected chi connectivity index (χ1v) is 13.4. The third kappa shape index (κ3) is 3.82. The molecule has 216 valence electrons. The number of fused-ring (bicyclic) bond motifs is 3. The number of nitrogens with two attached hydrogens (primary N) is 2. The molecule has 0 spiro atoms. The van der Waals surface area contributed by atoms with Crippen LogP contribution in [-0.4, -0.2) is 88.2 Å². The molecule has 1 amide bonds. The van der Waals surface area contributed by atoms with E-state index in [0.717, 1.165) is 24.8 Å². The number of phenols is 1. The van der Waals surface area contributed by atoms with Crippen molar-refractivity contribution in [1.82, 2.24) is 4.90 Å². The number of carbonyl (C=O) groups excluding carboxylic acids is 3. The van der Waals surface area contributed by atoms with Gasteiger partial charge >= 0.3 is 0 Å². The Kier molecular flexibility index (Phi) is 6.57. The Balaban J connectivity index is 1.76. The molecule has 5 rings (SSSR count). The van der Waals surface area contributed by atoms with Gasteiger partial charge in [-0.05, 0) is 69.3 Å². The molecule has 1 fully saturated rings. The minimum atomic E-state index is -2.95. The number of hydrogen-bond donors (Lipinski definition) is 6. The second-order valence-corrected chi connectivity index (χ2v) is 11.7. The molecule has 4 aliphatic rings. The number of allylic oxidation sites excluding steroid dienone is 2. The fourth-order valence-electron chi connectivity index (χ4n) is 6.93. The first-order valence-electron chi connectivity index (χ1n) is 13.4. The molecule has 0 heterocycles. The van der Waals surface area contributed by atoms with Crippen LogP contribution < -0.4 is 16.4 Å². The summed E-state index contributed by atoms with van der Waals surface area (Å²) in [7, 11) is 6.58. The Morgan fingerprint density at radius 3 is 2.37 bits per heavy atom. The van der Waals surface area contributed by atoms with Crippen molar-refractivity contribution >= 4 is 28.9 Å². The number of amides is 1. The zero-order valence-corrected chi connectivity index (χ0v) is 23.4. The summed E-state index contributed by atoms with van der Waals surface area (Å²) in [4.78, 5) is 42.9. The summed E-state index contributed by atoms with van der Waals surface area (Å²) in [6.45, 7) is 0. The van der Waals surface area contributed by atoms with Gasteiger partial charge in [0.25, 0.3) is 5.91 Å². The Labute approximate surface area is 237 Å². The minimum Gasteiger partial charge on any atom is -0.508 e. The molecule has 4 aliphatic carbocycles. The molecule has 0 saturated heterocycles. The summed E-state index contributed by atoms with van der Waals surface area (Å²) in [5.74, 6) is -0.312. The Morgan fingerprint density at radius 2 is 1.80 bits per heavy atom. The van der Waals surface area contributed by atoms with E-state index < -0.39 is 57.7 Å². The van der Waals surface area contributed by atoms with Crippen LogP contribution >= 0.6 is 0 Å². The smallest absolute Gasteiger partial charge is 0.255 e. The van der Waals surface area contributed by atoms with Gasteiger partial charge in [-0.2, -0.15) is 0 Å². The first kappa shape index (κ1) is 28.4. The largest absolute Gasteiger partial charge is 0.508 e. The molecular formula is C30H34N4O7. The summed E-state index contributed by atoms with van der Waals surface area (Å²) < 4.78 is 0. The highest BCUT2D eigenvalue weighted by atomic mass is 16.4. The number of benzene rings is 1. The lowest BCUT2D eigenvalue weighted by atomic mass is 9.53. The van der Waals surface area contributed by atoms with Crippen LogP contribution in [0.1, 0.15) is 42.4 Å². The lowest BCUT2D eigenvalue weighted by molar-refractivity contribution is -0.157. The van der Waals surface area contributed by atoms with Gasteiger partial charge < -0.3 is 36.8 Å². The van der Waals surface area contributed by atoms with Crippen LogP contribution in [0, 0.1) is 17.8 Å². The molecule has 4 atom stereocenters. The highest BCUT2D eigenvalue weighted by Gasteiger charge is 2.71. The summed E-state index contributed by atoms with van der Waals surface area (Å²) in [5, 5.41) is 45.9. The third-order valence-electron chi connectivity index (χ3n) is 8.77. The van der Waals surface area contributed by atoms with Crippen molar-refractivity contribution in [3.63, 3.8) is 0 Å². The predicted octanol–water partition coefficient (Wildman–Crippen LogP) is 0.573. The van der Waals surface area contributed by atoms with E-state index in [4.69, 9.17) is 11.5 Å². The zero-order valence-electron chi connectivity index (χ0n) is 23.4. The topological polar surface area (TPSA) is 191 Å². The molecule has 0 aromatic heterocycles. The molecule has 0 radical (unpaired) electrons. The standard InChI is InChI=1S/C30H34N4O7/c1-33(2)18-12-15(10-9-14-7-5-6-8-14)22(35)20-17(18)11-16-13-29(32)25(34(3)4)24(37)21(28(31)40)27(39)30(29,41)26(38)19(16)23(20)36/h7,12,16,25,35-36,39,41H,5-6,8,11,13,32H2,1-4H3,(H2,31,40)/t16-,25+,29+,30-/m0/s1. The number of rotatable bonds is 3. The number of nitrogens with zero attached hydrogens (tertiary/aromatic N) is 2. The van der Waals surface area contributed by atoms with Gasteiger partial charge in [0, 0.05) is 25.4 Å². The predicted molar refractivity (Wildman–Crippen MR) is 151 cm³/mol. The molecule has 11 nitrogen and oxygen atoms in total. The second kappa shape index (κ2) is 9.48. The number of anilines is 1.